The van der Waals surface area contributed by atoms with Gasteiger partial charge in [0.05, 0.1) is 7.11 Å². The van der Waals surface area contributed by atoms with E-state index in [0.29, 0.717) is 11.1 Å². The second kappa shape index (κ2) is 4.87. The van der Waals surface area contributed by atoms with Crippen LogP contribution in [0.5, 0.6) is 0 Å². The van der Waals surface area contributed by atoms with E-state index in [1.807, 2.05) is 30.3 Å². The Kier molecular flexibility index (Phi) is 3.28. The average molecular weight is 243 g/mol. The van der Waals surface area contributed by atoms with Gasteiger partial charge in [0, 0.05) is 11.1 Å². The van der Waals surface area contributed by atoms with Crippen LogP contribution in [0.3, 0.4) is 0 Å². The molecule has 18 heavy (non-hydrogen) atoms. The van der Waals surface area contributed by atoms with Crippen molar-refractivity contribution in [3.63, 3.8) is 0 Å². The summed E-state index contributed by atoms with van der Waals surface area (Å²) in [5.74, 6) is -0.550. The van der Waals surface area contributed by atoms with Crippen molar-refractivity contribution < 1.29 is 9.53 Å². The quantitative estimate of drug-likeness (QED) is 0.822. The van der Waals surface area contributed by atoms with Crippen molar-refractivity contribution in [1.29, 1.82) is 0 Å². The molecule has 4 nitrogen and oxygen atoms in total. The number of carbonyl (C=O) groups excluding carboxylic acids is 1. The molecule has 1 heterocycles. The summed E-state index contributed by atoms with van der Waals surface area (Å²) in [6.45, 7) is 1.70. The third kappa shape index (κ3) is 2.18. The van der Waals surface area contributed by atoms with Crippen LogP contribution in [-0.4, -0.2) is 18.1 Å². The van der Waals surface area contributed by atoms with Crippen LogP contribution >= 0.6 is 0 Å². The zero-order valence-electron chi connectivity index (χ0n) is 10.2. The molecule has 0 amide bonds. The topological polar surface area (TPSA) is 59.2 Å². The number of aryl methyl sites for hydroxylation is 1. The summed E-state index contributed by atoms with van der Waals surface area (Å²) in [5, 5.41) is 0. The minimum Gasteiger partial charge on any atom is -0.464 e. The monoisotopic (exact) mass is 243 g/mol. The summed E-state index contributed by atoms with van der Waals surface area (Å²) >= 11 is 0. The van der Waals surface area contributed by atoms with Crippen LogP contribution in [0.1, 0.15) is 16.1 Å². The zero-order chi connectivity index (χ0) is 13.1. The average Bonchev–Trinajstić information content (AvgIpc) is 2.41. The van der Waals surface area contributed by atoms with Crippen molar-refractivity contribution in [3.05, 3.63) is 58.0 Å². The van der Waals surface area contributed by atoms with E-state index >= 15 is 0 Å². The zero-order valence-corrected chi connectivity index (χ0v) is 10.2. The maximum atomic E-state index is 11.7. The predicted molar refractivity (Wildman–Crippen MR) is 68.6 cm³/mol. The first-order valence-electron chi connectivity index (χ1n) is 5.51. The summed E-state index contributed by atoms with van der Waals surface area (Å²) < 4.78 is 4.68. The van der Waals surface area contributed by atoms with Gasteiger partial charge in [-0.1, -0.05) is 30.3 Å². The Morgan fingerprint density at radius 3 is 2.50 bits per heavy atom. The molecule has 0 aliphatic heterocycles. The Labute approximate surface area is 104 Å². The van der Waals surface area contributed by atoms with Crippen molar-refractivity contribution >= 4 is 5.97 Å². The van der Waals surface area contributed by atoms with Gasteiger partial charge in [-0.25, -0.2) is 4.79 Å². The number of benzene rings is 1. The SMILES string of the molecule is COC(=O)c1[nH]c(=O)c(C)cc1-c1ccccc1. The number of ether oxygens (including phenoxy) is 1. The lowest BCUT2D eigenvalue weighted by molar-refractivity contribution is 0.0594. The highest BCUT2D eigenvalue weighted by atomic mass is 16.5. The van der Waals surface area contributed by atoms with Crippen molar-refractivity contribution in [2.75, 3.05) is 7.11 Å². The molecule has 0 saturated carbocycles. The Morgan fingerprint density at radius 2 is 1.89 bits per heavy atom. The number of methoxy groups -OCH3 is 1. The van der Waals surface area contributed by atoms with E-state index in [2.05, 4.69) is 9.72 Å². The van der Waals surface area contributed by atoms with Crippen LogP contribution in [0.15, 0.2) is 41.2 Å². The third-order valence-corrected chi connectivity index (χ3v) is 2.70. The van der Waals surface area contributed by atoms with E-state index in [-0.39, 0.29) is 11.3 Å². The van der Waals surface area contributed by atoms with E-state index in [9.17, 15) is 9.59 Å². The number of H-pyrrole nitrogens is 1. The molecule has 2 aromatic rings. The number of hydrogen-bond acceptors (Lipinski definition) is 3. The largest absolute Gasteiger partial charge is 0.464 e. The summed E-state index contributed by atoms with van der Waals surface area (Å²) in [4.78, 5) is 25.8. The van der Waals surface area contributed by atoms with Crippen LogP contribution < -0.4 is 5.56 Å². The Morgan fingerprint density at radius 1 is 1.22 bits per heavy atom. The van der Waals surface area contributed by atoms with Crippen molar-refractivity contribution in [2.24, 2.45) is 0 Å². The lowest BCUT2D eigenvalue weighted by atomic mass is 10.0. The number of esters is 1. The molecule has 0 spiro atoms. The molecule has 0 radical (unpaired) electrons. The fourth-order valence-corrected chi connectivity index (χ4v) is 1.74. The van der Waals surface area contributed by atoms with E-state index in [1.54, 1.807) is 13.0 Å². The number of carbonyl (C=O) groups is 1. The smallest absolute Gasteiger partial charge is 0.355 e. The van der Waals surface area contributed by atoms with Crippen LogP contribution in [0, 0.1) is 6.92 Å². The molecule has 0 unspecified atom stereocenters. The van der Waals surface area contributed by atoms with Gasteiger partial charge in [-0.05, 0) is 18.6 Å². The third-order valence-electron chi connectivity index (χ3n) is 2.70. The Balaban J connectivity index is 2.69. The molecular formula is C14H13NO3. The fourth-order valence-electron chi connectivity index (χ4n) is 1.74. The number of rotatable bonds is 2. The van der Waals surface area contributed by atoms with Gasteiger partial charge >= 0.3 is 5.97 Å². The Bertz CT molecular complexity index is 629. The van der Waals surface area contributed by atoms with Gasteiger partial charge in [-0.3, -0.25) is 4.79 Å². The van der Waals surface area contributed by atoms with Gasteiger partial charge in [-0.15, -0.1) is 0 Å². The number of aromatic amines is 1. The normalized spacial score (nSPS) is 10.1. The van der Waals surface area contributed by atoms with E-state index in [4.69, 9.17) is 0 Å². The number of hydrogen-bond donors (Lipinski definition) is 1. The first-order chi connectivity index (χ1) is 8.63. The summed E-state index contributed by atoms with van der Waals surface area (Å²) in [5.41, 5.74) is 1.98. The van der Waals surface area contributed by atoms with Gasteiger partial charge < -0.3 is 9.72 Å². The molecule has 4 heteroatoms. The van der Waals surface area contributed by atoms with Crippen LogP contribution in [-0.2, 0) is 4.74 Å². The van der Waals surface area contributed by atoms with Crippen LogP contribution in [0.4, 0.5) is 0 Å². The maximum Gasteiger partial charge on any atom is 0.355 e. The van der Waals surface area contributed by atoms with Crippen molar-refractivity contribution in [1.82, 2.24) is 4.98 Å². The van der Waals surface area contributed by atoms with Gasteiger partial charge in [0.1, 0.15) is 5.69 Å². The van der Waals surface area contributed by atoms with E-state index < -0.39 is 5.97 Å². The first-order valence-corrected chi connectivity index (χ1v) is 5.51. The molecule has 0 aliphatic carbocycles. The van der Waals surface area contributed by atoms with Gasteiger partial charge in [0.15, 0.2) is 0 Å². The molecule has 1 N–H and O–H groups in total. The van der Waals surface area contributed by atoms with Gasteiger partial charge in [-0.2, -0.15) is 0 Å². The Hall–Kier alpha value is -2.36. The minimum atomic E-state index is -0.550. The first kappa shape index (κ1) is 12.1. The lowest BCUT2D eigenvalue weighted by Gasteiger charge is -2.08. The highest BCUT2D eigenvalue weighted by molar-refractivity contribution is 5.95. The molecule has 0 atom stereocenters. The number of nitrogens with one attached hydrogen (secondary N) is 1. The second-order valence-electron chi connectivity index (χ2n) is 3.93. The second-order valence-corrected chi connectivity index (χ2v) is 3.93. The predicted octanol–water partition coefficient (Wildman–Crippen LogP) is 2.14. The van der Waals surface area contributed by atoms with E-state index in [1.165, 1.54) is 7.11 Å². The molecule has 2 rings (SSSR count). The van der Waals surface area contributed by atoms with E-state index in [0.717, 1.165) is 5.56 Å². The standard InChI is InChI=1S/C14H13NO3/c1-9-8-11(10-6-4-3-5-7-10)12(14(17)18-2)15-13(9)16/h3-8H,1-2H3,(H,15,16). The van der Waals surface area contributed by atoms with Crippen LogP contribution in [0.25, 0.3) is 11.1 Å². The molecule has 0 saturated heterocycles. The molecule has 0 aliphatic rings. The number of pyridine rings is 1. The highest BCUT2D eigenvalue weighted by Gasteiger charge is 2.15. The van der Waals surface area contributed by atoms with Crippen molar-refractivity contribution in [2.45, 2.75) is 6.92 Å². The molecule has 1 aromatic heterocycles. The summed E-state index contributed by atoms with van der Waals surface area (Å²) in [6, 6.07) is 11.1. The lowest BCUT2D eigenvalue weighted by Crippen LogP contribution is -2.17. The van der Waals surface area contributed by atoms with Gasteiger partial charge in [0.2, 0.25) is 0 Å². The number of aromatic nitrogens is 1. The maximum absolute atomic E-state index is 11.7. The minimum absolute atomic E-state index is 0.180. The molecule has 92 valence electrons. The summed E-state index contributed by atoms with van der Waals surface area (Å²) in [6.07, 6.45) is 0. The van der Waals surface area contributed by atoms with Crippen molar-refractivity contribution in [3.8, 4) is 11.1 Å². The van der Waals surface area contributed by atoms with Gasteiger partial charge in [0.25, 0.3) is 5.56 Å². The summed E-state index contributed by atoms with van der Waals surface area (Å²) in [7, 11) is 1.29. The molecule has 0 bridgehead atoms. The fraction of sp³-hybridized carbons (Fsp3) is 0.143. The molecule has 1 aromatic carbocycles. The van der Waals surface area contributed by atoms with Crippen LogP contribution in [0.2, 0.25) is 0 Å². The molecular weight excluding hydrogens is 230 g/mol. The highest BCUT2D eigenvalue weighted by Crippen LogP contribution is 2.22. The molecule has 0 fully saturated rings.